The molecule has 32 heavy (non-hydrogen) atoms. The van der Waals surface area contributed by atoms with Gasteiger partial charge in [0.25, 0.3) is 5.91 Å². The minimum Gasteiger partial charge on any atom is -0.367 e. The third kappa shape index (κ3) is 5.04. The first-order valence-corrected chi connectivity index (χ1v) is 10.7. The third-order valence-corrected chi connectivity index (χ3v) is 5.75. The van der Waals surface area contributed by atoms with E-state index in [1.54, 1.807) is 0 Å². The van der Waals surface area contributed by atoms with Crippen molar-refractivity contribution in [1.82, 2.24) is 14.5 Å². The molecule has 2 heterocycles. The molecule has 2 atom stereocenters. The summed E-state index contributed by atoms with van der Waals surface area (Å²) in [5.74, 6) is 0.211. The minimum absolute atomic E-state index is 0.241. The number of likely N-dealkylation sites (N-methyl/N-ethyl adjacent to an activating group) is 1. The monoisotopic (exact) mass is 433 g/mol. The van der Waals surface area contributed by atoms with E-state index in [0.717, 1.165) is 35.4 Å². The first kappa shape index (κ1) is 21.7. The number of hydrogen-bond donors (Lipinski definition) is 3. The van der Waals surface area contributed by atoms with Gasteiger partial charge in [0.05, 0.1) is 19.2 Å². The first-order chi connectivity index (χ1) is 15.4. The number of nitrogens with one attached hydrogen (secondary N) is 2. The number of nitrogens with zero attached hydrogens (tertiary/aromatic N) is 3. The lowest BCUT2D eigenvalue weighted by Crippen LogP contribution is -2.55. The Morgan fingerprint density at radius 2 is 1.94 bits per heavy atom. The van der Waals surface area contributed by atoms with Crippen molar-refractivity contribution in [3.8, 4) is 0 Å². The van der Waals surface area contributed by atoms with Crippen LogP contribution in [0.2, 0.25) is 0 Å². The molecule has 2 aromatic carbocycles. The average Bonchev–Trinajstić information content (AvgIpc) is 2.78. The van der Waals surface area contributed by atoms with Gasteiger partial charge in [0, 0.05) is 30.6 Å². The van der Waals surface area contributed by atoms with Gasteiger partial charge in [-0.2, -0.15) is 4.98 Å². The smallest absolute Gasteiger partial charge is 0.254 e. The molecule has 0 spiro atoms. The molecule has 4 N–H and O–H groups in total. The number of carbonyl (C=O) groups excluding carboxylic acids is 1. The van der Waals surface area contributed by atoms with Crippen molar-refractivity contribution in [3.05, 3.63) is 71.9 Å². The summed E-state index contributed by atoms with van der Waals surface area (Å²) in [4.78, 5) is 20.6. The summed E-state index contributed by atoms with van der Waals surface area (Å²) in [5.41, 5.74) is 8.93. The van der Waals surface area contributed by atoms with Crippen LogP contribution in [0.25, 0.3) is 0 Å². The number of nitrogens with two attached hydrogens (primary N) is 1. The van der Waals surface area contributed by atoms with Crippen molar-refractivity contribution in [2.45, 2.75) is 19.6 Å². The Hall–Kier alpha value is -3.49. The van der Waals surface area contributed by atoms with E-state index in [-0.39, 0.29) is 11.7 Å². The maximum Gasteiger partial charge on any atom is 0.254 e. The molecule has 0 radical (unpaired) electrons. The van der Waals surface area contributed by atoms with Gasteiger partial charge < -0.3 is 21.1 Å². The molecule has 1 aliphatic heterocycles. The number of amides is 1. The fraction of sp³-hybridized carbons (Fsp3) is 0.292. The van der Waals surface area contributed by atoms with Gasteiger partial charge in [-0.3, -0.25) is 9.28 Å². The summed E-state index contributed by atoms with van der Waals surface area (Å²) in [6.07, 6.45) is 1.69. The molecule has 8 heteroatoms. The van der Waals surface area contributed by atoms with Crippen molar-refractivity contribution < 1.29 is 9.53 Å². The lowest BCUT2D eigenvalue weighted by atomic mass is 10.2. The van der Waals surface area contributed by atoms with E-state index < -0.39 is 5.91 Å². The summed E-state index contributed by atoms with van der Waals surface area (Å²) in [5, 5.41) is 6.41. The van der Waals surface area contributed by atoms with Crippen LogP contribution in [0.15, 0.2) is 60.8 Å². The normalized spacial score (nSPS) is 20.5. The van der Waals surface area contributed by atoms with E-state index >= 15 is 0 Å². The van der Waals surface area contributed by atoms with Gasteiger partial charge in [0.15, 0.2) is 0 Å². The molecule has 166 valence electrons. The number of quaternary nitrogens is 1. The fourth-order valence-corrected chi connectivity index (χ4v) is 3.97. The van der Waals surface area contributed by atoms with Crippen LogP contribution in [-0.4, -0.2) is 48.7 Å². The molecule has 1 amide bonds. The van der Waals surface area contributed by atoms with Gasteiger partial charge in [0.2, 0.25) is 5.95 Å². The van der Waals surface area contributed by atoms with E-state index in [9.17, 15) is 4.79 Å². The summed E-state index contributed by atoms with van der Waals surface area (Å²) in [6, 6.07) is 18.1. The number of rotatable bonds is 7. The van der Waals surface area contributed by atoms with Crippen molar-refractivity contribution in [1.29, 1.82) is 0 Å². The number of morpholine rings is 1. The van der Waals surface area contributed by atoms with Gasteiger partial charge in [-0.25, -0.2) is 4.98 Å². The van der Waals surface area contributed by atoms with Crippen molar-refractivity contribution in [2.75, 3.05) is 37.4 Å². The highest BCUT2D eigenvalue weighted by Crippen LogP contribution is 2.27. The quantitative estimate of drug-likeness (QED) is 0.494. The molecule has 2 unspecified atom stereocenters. The molecule has 0 bridgehead atoms. The fourth-order valence-electron chi connectivity index (χ4n) is 3.97. The second-order valence-electron chi connectivity index (χ2n) is 8.31. The van der Waals surface area contributed by atoms with Crippen LogP contribution in [0.3, 0.4) is 0 Å². The second-order valence-corrected chi connectivity index (χ2v) is 8.31. The van der Waals surface area contributed by atoms with E-state index in [2.05, 4.69) is 46.7 Å². The maximum absolute atomic E-state index is 11.8. The van der Waals surface area contributed by atoms with E-state index in [1.807, 2.05) is 42.5 Å². The zero-order chi connectivity index (χ0) is 22.6. The van der Waals surface area contributed by atoms with Gasteiger partial charge in [0.1, 0.15) is 30.7 Å². The Balaban J connectivity index is 1.49. The number of aromatic nitrogens is 2. The Kier molecular flexibility index (Phi) is 6.34. The summed E-state index contributed by atoms with van der Waals surface area (Å²) >= 11 is 0. The van der Waals surface area contributed by atoms with Crippen LogP contribution in [0.1, 0.15) is 22.8 Å². The van der Waals surface area contributed by atoms with E-state index in [4.69, 9.17) is 10.5 Å². The number of ether oxygens (including phenoxy) is 1. The van der Waals surface area contributed by atoms with Crippen molar-refractivity contribution in [3.63, 3.8) is 0 Å². The van der Waals surface area contributed by atoms with Crippen LogP contribution in [0, 0.1) is 0 Å². The van der Waals surface area contributed by atoms with Gasteiger partial charge >= 0.3 is 0 Å². The largest absolute Gasteiger partial charge is 0.367 e. The average molecular weight is 434 g/mol. The molecular weight excluding hydrogens is 404 g/mol. The summed E-state index contributed by atoms with van der Waals surface area (Å²) in [7, 11) is 2.23. The third-order valence-electron chi connectivity index (χ3n) is 5.75. The van der Waals surface area contributed by atoms with E-state index in [1.165, 1.54) is 11.9 Å². The number of hydrogen-bond acceptors (Lipinski definition) is 6. The first-order valence-electron chi connectivity index (χ1n) is 10.7. The molecule has 0 saturated carbocycles. The van der Waals surface area contributed by atoms with Gasteiger partial charge in [-0.15, -0.1) is 0 Å². The molecule has 8 nitrogen and oxygen atoms in total. The van der Waals surface area contributed by atoms with Crippen LogP contribution in [-0.2, 0) is 11.3 Å². The number of anilines is 3. The highest BCUT2D eigenvalue weighted by molar-refractivity contribution is 5.97. The Labute approximate surface area is 188 Å². The highest BCUT2D eigenvalue weighted by atomic mass is 16.5. The van der Waals surface area contributed by atoms with Crippen LogP contribution < -0.4 is 20.9 Å². The predicted molar refractivity (Wildman–Crippen MR) is 127 cm³/mol. The molecule has 4 rings (SSSR count). The van der Waals surface area contributed by atoms with Crippen LogP contribution in [0.4, 0.5) is 23.1 Å². The van der Waals surface area contributed by atoms with Crippen LogP contribution in [0.5, 0.6) is 0 Å². The number of benzene rings is 2. The van der Waals surface area contributed by atoms with Gasteiger partial charge in [-0.1, -0.05) is 30.3 Å². The minimum atomic E-state index is -0.576. The molecule has 1 fully saturated rings. The Bertz CT molecular complexity index is 1070. The maximum atomic E-state index is 11.8. The zero-order valence-corrected chi connectivity index (χ0v) is 18.4. The van der Waals surface area contributed by atoms with E-state index in [0.29, 0.717) is 18.3 Å². The Morgan fingerprint density at radius 1 is 1.19 bits per heavy atom. The summed E-state index contributed by atoms with van der Waals surface area (Å²) < 4.78 is 6.55. The highest BCUT2D eigenvalue weighted by Gasteiger charge is 2.31. The lowest BCUT2D eigenvalue weighted by molar-refractivity contribution is -0.00607. The van der Waals surface area contributed by atoms with Crippen molar-refractivity contribution >= 4 is 29.0 Å². The number of carbonyl (C=O) groups is 1. The second kappa shape index (κ2) is 9.33. The lowest BCUT2D eigenvalue weighted by Gasteiger charge is -2.39. The molecule has 1 aliphatic rings. The Morgan fingerprint density at radius 3 is 2.62 bits per heavy atom. The molecule has 1 aromatic heterocycles. The molecule has 3 aromatic rings. The predicted octanol–water partition coefficient (Wildman–Crippen LogP) is 3.29. The molecule has 1 saturated heterocycles. The van der Waals surface area contributed by atoms with Gasteiger partial charge in [-0.05, 0) is 24.6 Å². The van der Waals surface area contributed by atoms with Crippen LogP contribution >= 0.6 is 0 Å². The topological polar surface area (TPSA) is 102 Å². The zero-order valence-electron chi connectivity index (χ0n) is 18.4. The molecule has 0 aliphatic carbocycles. The summed E-state index contributed by atoms with van der Waals surface area (Å²) in [6.45, 7) is 5.29. The molecular formula is C24H29N6O2+. The SMILES string of the molecule is CC1C[N+](C)(c2ccc(Nc3ncc(C(N)=O)c(NCc4ccccc4)n3)cc2)CCO1. The van der Waals surface area contributed by atoms with Crippen molar-refractivity contribution in [2.24, 2.45) is 5.73 Å². The number of primary amides is 1. The standard InChI is InChI=1S/C24H28N6O2/c1-17-16-30(2,12-13-32-17)20-10-8-19(9-11-20)28-24-27-15-21(22(25)31)23(29-24)26-14-18-6-4-3-5-7-18/h3-11,15,17H,12-14,16H2,1-2H3,(H3-,25,26,27,28,29,31)/p+1.